The van der Waals surface area contributed by atoms with Crippen LogP contribution in [0.15, 0.2) is 18.2 Å². The van der Waals surface area contributed by atoms with E-state index in [1.54, 1.807) is 0 Å². The number of hydrogen-bond acceptors (Lipinski definition) is 2. The monoisotopic (exact) mass is 210 g/mol. The first-order valence-corrected chi connectivity index (χ1v) is 4.54. The second-order valence-corrected chi connectivity index (χ2v) is 3.10. The summed E-state index contributed by atoms with van der Waals surface area (Å²) in [5.74, 6) is 6.40. The van der Waals surface area contributed by atoms with Crippen molar-refractivity contribution in [1.82, 2.24) is 5.43 Å². The summed E-state index contributed by atoms with van der Waals surface area (Å²) in [6.07, 6.45) is 5.88. The molecular formula is C11H12F2N2. The third-order valence-electron chi connectivity index (χ3n) is 2.13. The zero-order chi connectivity index (χ0) is 11.3. The Hall–Kier alpha value is -1.44. The highest BCUT2D eigenvalue weighted by atomic mass is 19.1. The number of hydrazine groups is 1. The van der Waals surface area contributed by atoms with Gasteiger partial charge in [0.25, 0.3) is 0 Å². The average Bonchev–Trinajstić information content (AvgIpc) is 2.22. The normalized spacial score (nSPS) is 12.1. The van der Waals surface area contributed by atoms with E-state index >= 15 is 0 Å². The fourth-order valence-electron chi connectivity index (χ4n) is 1.38. The number of nitrogens with two attached hydrogens (primary N) is 1. The van der Waals surface area contributed by atoms with Crippen LogP contribution in [0.4, 0.5) is 8.78 Å². The van der Waals surface area contributed by atoms with E-state index in [1.807, 2.05) is 0 Å². The Bertz CT molecular complexity index is 351. The van der Waals surface area contributed by atoms with Gasteiger partial charge in [-0.25, -0.2) is 8.78 Å². The van der Waals surface area contributed by atoms with Crippen molar-refractivity contribution in [2.45, 2.75) is 18.9 Å². The molecule has 0 heterocycles. The van der Waals surface area contributed by atoms with Gasteiger partial charge < -0.3 is 0 Å². The molecule has 0 radical (unpaired) electrons. The van der Waals surface area contributed by atoms with E-state index in [2.05, 4.69) is 11.3 Å². The quantitative estimate of drug-likeness (QED) is 0.452. The smallest absolute Gasteiger partial charge is 0.130 e. The van der Waals surface area contributed by atoms with E-state index in [-0.39, 0.29) is 5.56 Å². The Morgan fingerprint density at radius 2 is 2.00 bits per heavy atom. The summed E-state index contributed by atoms with van der Waals surface area (Å²) < 4.78 is 26.7. The van der Waals surface area contributed by atoms with Gasteiger partial charge in [-0.15, -0.1) is 12.3 Å². The number of hydrogen-bond donors (Lipinski definition) is 2. The van der Waals surface area contributed by atoms with Gasteiger partial charge in [-0.1, -0.05) is 6.07 Å². The Labute approximate surface area is 87.4 Å². The predicted octanol–water partition coefficient (Wildman–Crippen LogP) is 1.88. The number of nitrogens with one attached hydrogen (secondary N) is 1. The van der Waals surface area contributed by atoms with Crippen molar-refractivity contribution in [1.29, 1.82) is 0 Å². The molecule has 1 aromatic carbocycles. The molecule has 1 atom stereocenters. The van der Waals surface area contributed by atoms with E-state index in [4.69, 9.17) is 12.3 Å². The molecule has 15 heavy (non-hydrogen) atoms. The van der Waals surface area contributed by atoms with Gasteiger partial charge in [-0.3, -0.25) is 11.3 Å². The average molecular weight is 210 g/mol. The molecule has 0 bridgehead atoms. The number of benzene rings is 1. The summed E-state index contributed by atoms with van der Waals surface area (Å²) >= 11 is 0. The highest BCUT2D eigenvalue weighted by Gasteiger charge is 2.17. The largest absolute Gasteiger partial charge is 0.271 e. The van der Waals surface area contributed by atoms with E-state index < -0.39 is 17.7 Å². The molecule has 0 amide bonds. The molecule has 3 N–H and O–H groups in total. The molecule has 0 fully saturated rings. The Balaban J connectivity index is 2.96. The lowest BCUT2D eigenvalue weighted by molar-refractivity contribution is 0.458. The minimum absolute atomic E-state index is 0.0600. The molecule has 0 aliphatic heterocycles. The van der Waals surface area contributed by atoms with Crippen LogP contribution in [0.25, 0.3) is 0 Å². The van der Waals surface area contributed by atoms with Crippen LogP contribution in [-0.2, 0) is 0 Å². The molecule has 4 heteroatoms. The van der Waals surface area contributed by atoms with Crippen molar-refractivity contribution in [3.8, 4) is 12.3 Å². The highest BCUT2D eigenvalue weighted by molar-refractivity contribution is 5.23. The van der Waals surface area contributed by atoms with Gasteiger partial charge in [0.15, 0.2) is 0 Å². The zero-order valence-electron chi connectivity index (χ0n) is 8.13. The van der Waals surface area contributed by atoms with E-state index in [9.17, 15) is 8.78 Å². The first-order valence-electron chi connectivity index (χ1n) is 4.54. The predicted molar refractivity (Wildman–Crippen MR) is 54.5 cm³/mol. The lowest BCUT2D eigenvalue weighted by Gasteiger charge is -2.16. The third kappa shape index (κ3) is 2.75. The van der Waals surface area contributed by atoms with Crippen LogP contribution in [0, 0.1) is 24.0 Å². The van der Waals surface area contributed by atoms with Crippen LogP contribution < -0.4 is 11.3 Å². The van der Waals surface area contributed by atoms with Crippen molar-refractivity contribution < 1.29 is 8.78 Å². The molecule has 0 spiro atoms. The molecular weight excluding hydrogens is 198 g/mol. The Morgan fingerprint density at radius 1 is 1.40 bits per heavy atom. The van der Waals surface area contributed by atoms with Gasteiger partial charge in [0.1, 0.15) is 11.6 Å². The molecule has 0 aliphatic carbocycles. The van der Waals surface area contributed by atoms with Crippen LogP contribution in [0.5, 0.6) is 0 Å². The Morgan fingerprint density at radius 3 is 2.47 bits per heavy atom. The lowest BCUT2D eigenvalue weighted by Crippen LogP contribution is -2.29. The van der Waals surface area contributed by atoms with E-state index in [1.165, 1.54) is 18.2 Å². The number of rotatable bonds is 4. The second-order valence-electron chi connectivity index (χ2n) is 3.10. The SMILES string of the molecule is C#CCCC(NN)c1c(F)cccc1F. The zero-order valence-corrected chi connectivity index (χ0v) is 8.13. The summed E-state index contributed by atoms with van der Waals surface area (Å²) in [6.45, 7) is 0. The minimum atomic E-state index is -0.616. The van der Waals surface area contributed by atoms with Gasteiger partial charge in [0.2, 0.25) is 0 Å². The maximum Gasteiger partial charge on any atom is 0.130 e. The fraction of sp³-hybridized carbons (Fsp3) is 0.273. The minimum Gasteiger partial charge on any atom is -0.271 e. The lowest BCUT2D eigenvalue weighted by atomic mass is 10.0. The van der Waals surface area contributed by atoms with Crippen molar-refractivity contribution in [3.05, 3.63) is 35.4 Å². The molecule has 1 aromatic rings. The van der Waals surface area contributed by atoms with Crippen molar-refractivity contribution in [2.24, 2.45) is 5.84 Å². The van der Waals surface area contributed by atoms with Crippen molar-refractivity contribution >= 4 is 0 Å². The molecule has 80 valence electrons. The van der Waals surface area contributed by atoms with Crippen LogP contribution in [0.3, 0.4) is 0 Å². The van der Waals surface area contributed by atoms with Gasteiger partial charge in [-0.05, 0) is 18.6 Å². The van der Waals surface area contributed by atoms with Crippen LogP contribution in [-0.4, -0.2) is 0 Å². The van der Waals surface area contributed by atoms with Gasteiger partial charge in [-0.2, -0.15) is 0 Å². The van der Waals surface area contributed by atoms with Crippen LogP contribution >= 0.6 is 0 Å². The summed E-state index contributed by atoms with van der Waals surface area (Å²) in [5, 5.41) is 0. The van der Waals surface area contributed by atoms with Crippen molar-refractivity contribution in [2.75, 3.05) is 0 Å². The molecule has 2 nitrogen and oxygen atoms in total. The summed E-state index contributed by atoms with van der Waals surface area (Å²) in [5.41, 5.74) is 2.30. The van der Waals surface area contributed by atoms with Gasteiger partial charge in [0, 0.05) is 12.0 Å². The molecule has 1 rings (SSSR count). The van der Waals surface area contributed by atoms with Gasteiger partial charge >= 0.3 is 0 Å². The van der Waals surface area contributed by atoms with E-state index in [0.29, 0.717) is 12.8 Å². The number of terminal acetylenes is 1. The molecule has 0 saturated heterocycles. The topological polar surface area (TPSA) is 38.0 Å². The Kier molecular flexibility index (Phi) is 4.22. The maximum absolute atomic E-state index is 13.3. The van der Waals surface area contributed by atoms with Crippen LogP contribution in [0.1, 0.15) is 24.4 Å². The first-order chi connectivity index (χ1) is 7.20. The first kappa shape index (κ1) is 11.6. The summed E-state index contributed by atoms with van der Waals surface area (Å²) in [6, 6.07) is 3.10. The summed E-state index contributed by atoms with van der Waals surface area (Å²) in [4.78, 5) is 0. The van der Waals surface area contributed by atoms with Gasteiger partial charge in [0.05, 0.1) is 6.04 Å². The highest BCUT2D eigenvalue weighted by Crippen LogP contribution is 2.23. The van der Waals surface area contributed by atoms with E-state index in [0.717, 1.165) is 0 Å². The second kappa shape index (κ2) is 5.44. The standard InChI is InChI=1S/C11H12F2N2/c1-2-3-7-10(15-14)11-8(12)5-4-6-9(11)13/h1,4-6,10,15H,3,7,14H2. The molecule has 0 aromatic heterocycles. The molecule has 0 saturated carbocycles. The molecule has 1 unspecified atom stereocenters. The fourth-order valence-corrected chi connectivity index (χ4v) is 1.38. The summed E-state index contributed by atoms with van der Waals surface area (Å²) in [7, 11) is 0. The molecule has 0 aliphatic rings. The third-order valence-corrected chi connectivity index (χ3v) is 2.13. The van der Waals surface area contributed by atoms with Crippen molar-refractivity contribution in [3.63, 3.8) is 0 Å². The number of halogens is 2. The van der Waals surface area contributed by atoms with Crippen LogP contribution in [0.2, 0.25) is 0 Å². The maximum atomic E-state index is 13.3.